The zero-order valence-corrected chi connectivity index (χ0v) is 14.8. The van der Waals surface area contributed by atoms with Crippen molar-refractivity contribution in [3.63, 3.8) is 0 Å². The number of aromatic nitrogens is 2. The lowest BCUT2D eigenvalue weighted by atomic mass is 9.98. The number of primary amides is 1. The summed E-state index contributed by atoms with van der Waals surface area (Å²) in [6, 6.07) is 5.78. The summed E-state index contributed by atoms with van der Waals surface area (Å²) >= 11 is 0. The second-order valence-electron chi connectivity index (χ2n) is 6.41. The number of aryl methyl sites for hydroxylation is 2. The smallest absolute Gasteiger partial charge is 0.263 e. The van der Waals surface area contributed by atoms with E-state index in [9.17, 15) is 4.79 Å². The summed E-state index contributed by atoms with van der Waals surface area (Å²) in [6.07, 6.45) is 6.68. The molecule has 6 nitrogen and oxygen atoms in total. The zero-order valence-electron chi connectivity index (χ0n) is 14.0. The maximum atomic E-state index is 12.0. The highest BCUT2D eigenvalue weighted by Gasteiger charge is 2.37. The fraction of sp³-hybridized carbons (Fsp3) is 0.412. The monoisotopic (exact) mass is 349 g/mol. The molecule has 1 amide bonds. The minimum Gasteiger partial charge on any atom is -1.00 e. The molecule has 2 aromatic rings. The van der Waals surface area contributed by atoms with Gasteiger partial charge in [0.1, 0.15) is 12.4 Å². The number of rotatable bonds is 4. The number of nitrogens with two attached hydrogens (primary N) is 2. The van der Waals surface area contributed by atoms with E-state index in [1.54, 1.807) is 0 Å². The molecule has 0 spiro atoms. The zero-order chi connectivity index (χ0) is 16.6. The largest absolute Gasteiger partial charge is 1.00 e. The molecule has 2 unspecified atom stereocenters. The quantitative estimate of drug-likeness (QED) is 0.484. The first-order chi connectivity index (χ1) is 11.0. The number of nitrogens with zero attached hydrogens (tertiary/aromatic N) is 3. The number of carbonyl (C=O) groups excluding carboxylic acids is 1. The van der Waals surface area contributed by atoms with Crippen LogP contribution in [0.3, 0.4) is 0 Å². The highest BCUT2D eigenvalue weighted by atomic mass is 35.5. The maximum absolute atomic E-state index is 12.0. The average Bonchev–Trinajstić information content (AvgIpc) is 3.12. The van der Waals surface area contributed by atoms with Crippen molar-refractivity contribution in [2.75, 3.05) is 23.7 Å². The lowest BCUT2D eigenvalue weighted by molar-refractivity contribution is -0.671. The fourth-order valence-corrected chi connectivity index (χ4v) is 3.39. The van der Waals surface area contributed by atoms with Gasteiger partial charge in [0.15, 0.2) is 6.04 Å². The predicted molar refractivity (Wildman–Crippen MR) is 89.8 cm³/mol. The van der Waals surface area contributed by atoms with Gasteiger partial charge in [-0.05, 0) is 37.1 Å². The van der Waals surface area contributed by atoms with Crippen molar-refractivity contribution < 1.29 is 21.8 Å². The number of carbonyl (C=O) groups is 1. The standard InChI is InChI=1S/C17H23N5O.ClH/c1-12-9-14(3-4-15(12)18)21-6-5-13(10-21)16(17(19)23)22-8-7-20(2)11-22;/h3-4,7-9,11,13,16H,5-6,10,18H2,1-2H3,(H-,19,23);1H. The molecule has 0 bridgehead atoms. The fourth-order valence-electron chi connectivity index (χ4n) is 3.39. The number of hydrogen-bond acceptors (Lipinski definition) is 3. The molecule has 0 aliphatic carbocycles. The first-order valence-corrected chi connectivity index (χ1v) is 7.89. The Morgan fingerprint density at radius 1 is 1.42 bits per heavy atom. The molecule has 7 heteroatoms. The van der Waals surface area contributed by atoms with E-state index < -0.39 is 0 Å². The lowest BCUT2D eigenvalue weighted by Crippen LogP contribution is -3.00. The number of hydrogen-bond donors (Lipinski definition) is 2. The molecule has 0 saturated carbocycles. The van der Waals surface area contributed by atoms with Gasteiger partial charge in [-0.3, -0.25) is 4.79 Å². The van der Waals surface area contributed by atoms with Crippen LogP contribution in [0.5, 0.6) is 0 Å². The number of benzene rings is 1. The molecule has 1 aromatic carbocycles. The van der Waals surface area contributed by atoms with Crippen LogP contribution in [0.15, 0.2) is 36.9 Å². The van der Waals surface area contributed by atoms with Crippen LogP contribution in [0, 0.1) is 12.8 Å². The molecule has 4 N–H and O–H groups in total. The molecule has 1 aliphatic rings. The van der Waals surface area contributed by atoms with Gasteiger partial charge in [0.05, 0.1) is 7.05 Å². The predicted octanol–water partition coefficient (Wildman–Crippen LogP) is -2.24. The molecule has 3 rings (SSSR count). The Bertz CT molecular complexity index is 730. The van der Waals surface area contributed by atoms with Crippen molar-refractivity contribution >= 4 is 17.3 Å². The van der Waals surface area contributed by atoms with E-state index in [-0.39, 0.29) is 30.3 Å². The Hall–Kier alpha value is -2.21. The van der Waals surface area contributed by atoms with E-state index in [0.717, 1.165) is 36.4 Å². The van der Waals surface area contributed by atoms with Crippen LogP contribution in [0.25, 0.3) is 0 Å². The van der Waals surface area contributed by atoms with Gasteiger partial charge in [0.2, 0.25) is 6.33 Å². The molecule has 1 aromatic heterocycles. The van der Waals surface area contributed by atoms with Crippen molar-refractivity contribution in [1.82, 2.24) is 4.57 Å². The highest BCUT2D eigenvalue weighted by molar-refractivity contribution is 5.79. The third-order valence-corrected chi connectivity index (χ3v) is 4.69. The van der Waals surface area contributed by atoms with Gasteiger partial charge in [0.25, 0.3) is 5.91 Å². The number of nitrogen functional groups attached to an aromatic ring is 1. The van der Waals surface area contributed by atoms with Crippen molar-refractivity contribution in [2.24, 2.45) is 18.7 Å². The number of anilines is 2. The molecule has 24 heavy (non-hydrogen) atoms. The number of amides is 1. The van der Waals surface area contributed by atoms with E-state index in [1.807, 2.05) is 54.0 Å². The third-order valence-electron chi connectivity index (χ3n) is 4.69. The van der Waals surface area contributed by atoms with E-state index in [0.29, 0.717) is 0 Å². The molecule has 1 aliphatic heterocycles. The van der Waals surface area contributed by atoms with Crippen LogP contribution in [0.1, 0.15) is 18.0 Å². The van der Waals surface area contributed by atoms with Gasteiger partial charge in [-0.2, -0.15) is 0 Å². The topological polar surface area (TPSA) is 81.2 Å². The number of halogens is 1. The Kier molecular flexibility index (Phi) is 5.39. The Balaban J connectivity index is 0.00000208. The summed E-state index contributed by atoms with van der Waals surface area (Å²) in [5, 5.41) is 0. The Morgan fingerprint density at radius 2 is 2.17 bits per heavy atom. The Labute approximate surface area is 148 Å². The Morgan fingerprint density at radius 3 is 2.75 bits per heavy atom. The summed E-state index contributed by atoms with van der Waals surface area (Å²) in [4.78, 5) is 14.3. The van der Waals surface area contributed by atoms with Crippen molar-refractivity contribution in [2.45, 2.75) is 19.4 Å². The summed E-state index contributed by atoms with van der Waals surface area (Å²) in [6.45, 7) is 3.75. The van der Waals surface area contributed by atoms with Gasteiger partial charge < -0.3 is 28.8 Å². The van der Waals surface area contributed by atoms with E-state index in [2.05, 4.69) is 11.0 Å². The number of imidazole rings is 1. The lowest BCUT2D eigenvalue weighted by Gasteiger charge is -2.21. The molecular formula is C17H24ClN5O. The van der Waals surface area contributed by atoms with Crippen LogP contribution in [0.2, 0.25) is 0 Å². The SMILES string of the molecule is Cc1cc(N2CCC(C(C(N)=O)n3cc[n+](C)c3)C2)ccc1N.[Cl-]. The maximum Gasteiger partial charge on any atom is 0.263 e. The minimum atomic E-state index is -0.309. The first-order valence-electron chi connectivity index (χ1n) is 7.89. The van der Waals surface area contributed by atoms with Crippen LogP contribution in [-0.2, 0) is 11.8 Å². The summed E-state index contributed by atoms with van der Waals surface area (Å²) in [7, 11) is 1.94. The van der Waals surface area contributed by atoms with Crippen LogP contribution in [0.4, 0.5) is 11.4 Å². The van der Waals surface area contributed by atoms with Gasteiger partial charge in [-0.1, -0.05) is 0 Å². The molecule has 130 valence electrons. The highest BCUT2D eigenvalue weighted by Crippen LogP contribution is 2.32. The molecule has 0 radical (unpaired) electrons. The van der Waals surface area contributed by atoms with Gasteiger partial charge in [0, 0.05) is 30.4 Å². The van der Waals surface area contributed by atoms with E-state index in [1.165, 1.54) is 0 Å². The third kappa shape index (κ3) is 3.48. The van der Waals surface area contributed by atoms with Crippen molar-refractivity contribution in [3.05, 3.63) is 42.5 Å². The van der Waals surface area contributed by atoms with Crippen molar-refractivity contribution in [1.29, 1.82) is 0 Å². The van der Waals surface area contributed by atoms with Crippen LogP contribution < -0.4 is 33.3 Å². The van der Waals surface area contributed by atoms with Crippen LogP contribution >= 0.6 is 0 Å². The minimum absolute atomic E-state index is 0. The second kappa shape index (κ2) is 7.13. The van der Waals surface area contributed by atoms with Gasteiger partial charge >= 0.3 is 0 Å². The molecule has 1 fully saturated rings. The van der Waals surface area contributed by atoms with E-state index >= 15 is 0 Å². The van der Waals surface area contributed by atoms with E-state index in [4.69, 9.17) is 11.5 Å². The van der Waals surface area contributed by atoms with Crippen LogP contribution in [-0.4, -0.2) is 23.6 Å². The second-order valence-corrected chi connectivity index (χ2v) is 6.41. The first kappa shape index (κ1) is 18.1. The normalized spacial score (nSPS) is 18.2. The van der Waals surface area contributed by atoms with Gasteiger partial charge in [-0.25, -0.2) is 9.13 Å². The summed E-state index contributed by atoms with van der Waals surface area (Å²) in [5.41, 5.74) is 14.6. The molecule has 1 saturated heterocycles. The summed E-state index contributed by atoms with van der Waals surface area (Å²) < 4.78 is 3.84. The summed E-state index contributed by atoms with van der Waals surface area (Å²) in [5.74, 6) is -0.0701. The average molecular weight is 350 g/mol. The molecule has 2 atom stereocenters. The molecule has 2 heterocycles. The van der Waals surface area contributed by atoms with Crippen molar-refractivity contribution in [3.8, 4) is 0 Å². The van der Waals surface area contributed by atoms with Gasteiger partial charge in [-0.15, -0.1) is 0 Å². The molecular weight excluding hydrogens is 326 g/mol.